The van der Waals surface area contributed by atoms with Crippen molar-refractivity contribution in [1.29, 1.82) is 0 Å². The summed E-state index contributed by atoms with van der Waals surface area (Å²) in [5.74, 6) is 1.04. The summed E-state index contributed by atoms with van der Waals surface area (Å²) in [5.41, 5.74) is 5.82. The second kappa shape index (κ2) is 8.53. The number of amidine groups is 1. The van der Waals surface area contributed by atoms with Crippen molar-refractivity contribution in [2.75, 3.05) is 6.61 Å². The summed E-state index contributed by atoms with van der Waals surface area (Å²) in [6.07, 6.45) is 3.74. The maximum Gasteiger partial charge on any atom is 0.308 e. The number of rotatable bonds is 6. The average Bonchev–Trinajstić information content (AvgIpc) is 2.70. The molecule has 6 nitrogen and oxygen atoms in total. The molecule has 2 unspecified atom stereocenters. The standard InChI is InChI=1S/C17H24N2O4/c1-12(20)23-16-8-4-3-7-15(16)22-11-14(21)10-13-6-2-5-9-17(18)19-13/h3-4,7-8,13-14,21H,2,5-6,9-11H2,1H3,(H2,18,19). The highest BCUT2D eigenvalue weighted by Crippen LogP contribution is 2.27. The van der Waals surface area contributed by atoms with Gasteiger partial charge in [-0.3, -0.25) is 9.79 Å². The van der Waals surface area contributed by atoms with Gasteiger partial charge in [0, 0.05) is 13.3 Å². The molecule has 0 amide bonds. The number of ether oxygens (including phenoxy) is 2. The summed E-state index contributed by atoms with van der Waals surface area (Å²) in [6.45, 7) is 1.45. The van der Waals surface area contributed by atoms with Crippen LogP contribution in [0.4, 0.5) is 0 Å². The molecule has 0 fully saturated rings. The molecule has 126 valence electrons. The van der Waals surface area contributed by atoms with Crippen LogP contribution in [-0.2, 0) is 4.79 Å². The molecule has 0 saturated heterocycles. The van der Waals surface area contributed by atoms with Crippen LogP contribution in [-0.4, -0.2) is 35.7 Å². The SMILES string of the molecule is CC(=O)Oc1ccccc1OCC(O)CC1CCCCC(N)=N1. The molecule has 1 aromatic rings. The normalized spacial score (nSPS) is 19.4. The molecule has 0 radical (unpaired) electrons. The van der Waals surface area contributed by atoms with Crippen molar-refractivity contribution >= 4 is 11.8 Å². The Morgan fingerprint density at radius 1 is 1.39 bits per heavy atom. The van der Waals surface area contributed by atoms with Crippen LogP contribution in [0, 0.1) is 0 Å². The van der Waals surface area contributed by atoms with E-state index in [0.29, 0.717) is 23.8 Å². The van der Waals surface area contributed by atoms with Crippen molar-refractivity contribution in [2.24, 2.45) is 10.7 Å². The fraction of sp³-hybridized carbons (Fsp3) is 0.529. The van der Waals surface area contributed by atoms with Crippen LogP contribution in [0.3, 0.4) is 0 Å². The highest BCUT2D eigenvalue weighted by molar-refractivity contribution is 5.80. The third-order valence-corrected chi connectivity index (χ3v) is 3.65. The first-order valence-electron chi connectivity index (χ1n) is 7.95. The van der Waals surface area contributed by atoms with Gasteiger partial charge in [-0.1, -0.05) is 18.6 Å². The van der Waals surface area contributed by atoms with E-state index in [-0.39, 0.29) is 12.6 Å². The van der Waals surface area contributed by atoms with E-state index in [0.717, 1.165) is 25.7 Å². The molecule has 0 aromatic heterocycles. The van der Waals surface area contributed by atoms with Crippen LogP contribution in [0.25, 0.3) is 0 Å². The number of esters is 1. The topological polar surface area (TPSA) is 94.1 Å². The number of carbonyl (C=O) groups is 1. The molecule has 1 heterocycles. The molecule has 1 aliphatic rings. The maximum absolute atomic E-state index is 11.1. The number of carbonyl (C=O) groups excluding carboxylic acids is 1. The number of benzene rings is 1. The third-order valence-electron chi connectivity index (χ3n) is 3.65. The molecule has 0 aliphatic carbocycles. The molecule has 0 spiro atoms. The molecular formula is C17H24N2O4. The van der Waals surface area contributed by atoms with Crippen LogP contribution < -0.4 is 15.2 Å². The van der Waals surface area contributed by atoms with E-state index in [1.807, 2.05) is 0 Å². The van der Waals surface area contributed by atoms with Gasteiger partial charge >= 0.3 is 5.97 Å². The van der Waals surface area contributed by atoms with E-state index in [4.69, 9.17) is 15.2 Å². The smallest absolute Gasteiger partial charge is 0.308 e. The summed E-state index contributed by atoms with van der Waals surface area (Å²) >= 11 is 0. The summed E-state index contributed by atoms with van der Waals surface area (Å²) in [6, 6.07) is 6.93. The fourth-order valence-corrected chi connectivity index (χ4v) is 2.60. The molecule has 0 bridgehead atoms. The first kappa shape index (κ1) is 17.3. The van der Waals surface area contributed by atoms with Gasteiger partial charge in [0.1, 0.15) is 6.61 Å². The zero-order valence-electron chi connectivity index (χ0n) is 13.4. The maximum atomic E-state index is 11.1. The van der Waals surface area contributed by atoms with E-state index in [1.165, 1.54) is 6.92 Å². The van der Waals surface area contributed by atoms with Gasteiger partial charge in [0.05, 0.1) is 18.0 Å². The van der Waals surface area contributed by atoms with Gasteiger partial charge in [-0.2, -0.15) is 0 Å². The number of aliphatic hydroxyl groups is 1. The van der Waals surface area contributed by atoms with E-state index < -0.39 is 12.1 Å². The highest BCUT2D eigenvalue weighted by atomic mass is 16.6. The number of nitrogens with two attached hydrogens (primary N) is 1. The van der Waals surface area contributed by atoms with Crippen LogP contribution in [0.2, 0.25) is 0 Å². The summed E-state index contributed by atoms with van der Waals surface area (Å²) in [5, 5.41) is 10.2. The lowest BCUT2D eigenvalue weighted by Gasteiger charge is -2.17. The van der Waals surface area contributed by atoms with Gasteiger partial charge in [-0.25, -0.2) is 0 Å². The van der Waals surface area contributed by atoms with E-state index in [1.54, 1.807) is 24.3 Å². The number of hydrogen-bond acceptors (Lipinski definition) is 6. The number of hydrogen-bond donors (Lipinski definition) is 2. The monoisotopic (exact) mass is 320 g/mol. The Kier molecular flexibility index (Phi) is 6.40. The highest BCUT2D eigenvalue weighted by Gasteiger charge is 2.17. The summed E-state index contributed by atoms with van der Waals surface area (Å²) < 4.78 is 10.7. The minimum absolute atomic E-state index is 0.0415. The zero-order valence-corrected chi connectivity index (χ0v) is 13.4. The predicted octanol–water partition coefficient (Wildman–Crippen LogP) is 2.04. The lowest BCUT2D eigenvalue weighted by molar-refractivity contribution is -0.132. The van der Waals surface area contributed by atoms with Crippen molar-refractivity contribution in [3.8, 4) is 11.5 Å². The van der Waals surface area contributed by atoms with Crippen molar-refractivity contribution in [1.82, 2.24) is 0 Å². The Morgan fingerprint density at radius 2 is 2.13 bits per heavy atom. The summed E-state index contributed by atoms with van der Waals surface area (Å²) in [4.78, 5) is 15.5. The Bertz CT molecular complexity index is 559. The van der Waals surface area contributed by atoms with Crippen molar-refractivity contribution in [3.05, 3.63) is 24.3 Å². The van der Waals surface area contributed by atoms with Gasteiger partial charge in [0.15, 0.2) is 11.5 Å². The number of aliphatic hydroxyl groups excluding tert-OH is 1. The molecule has 6 heteroatoms. The number of aliphatic imine (C=N–C) groups is 1. The number of para-hydroxylation sites is 2. The minimum atomic E-state index is -0.653. The minimum Gasteiger partial charge on any atom is -0.487 e. The van der Waals surface area contributed by atoms with Crippen LogP contribution in [0.5, 0.6) is 11.5 Å². The quantitative estimate of drug-likeness (QED) is 0.618. The predicted molar refractivity (Wildman–Crippen MR) is 87.7 cm³/mol. The molecule has 23 heavy (non-hydrogen) atoms. The van der Waals surface area contributed by atoms with Gasteiger partial charge in [0.2, 0.25) is 0 Å². The fourth-order valence-electron chi connectivity index (χ4n) is 2.60. The molecule has 2 rings (SSSR count). The van der Waals surface area contributed by atoms with Gasteiger partial charge < -0.3 is 20.3 Å². The molecule has 1 aliphatic heterocycles. The molecule has 0 saturated carbocycles. The third kappa shape index (κ3) is 5.90. The van der Waals surface area contributed by atoms with Crippen LogP contribution in [0.1, 0.15) is 39.0 Å². The summed E-state index contributed by atoms with van der Waals surface area (Å²) in [7, 11) is 0. The zero-order chi connectivity index (χ0) is 16.7. The Morgan fingerprint density at radius 3 is 2.87 bits per heavy atom. The van der Waals surface area contributed by atoms with E-state index in [9.17, 15) is 9.90 Å². The molecule has 3 N–H and O–H groups in total. The van der Waals surface area contributed by atoms with Gasteiger partial charge in [0.25, 0.3) is 0 Å². The molecule has 1 aromatic carbocycles. The van der Waals surface area contributed by atoms with Gasteiger partial charge in [-0.15, -0.1) is 0 Å². The van der Waals surface area contributed by atoms with Crippen molar-refractivity contribution in [3.63, 3.8) is 0 Å². The Labute approximate surface area is 136 Å². The molecular weight excluding hydrogens is 296 g/mol. The largest absolute Gasteiger partial charge is 0.487 e. The van der Waals surface area contributed by atoms with Crippen molar-refractivity contribution < 1.29 is 19.4 Å². The lowest BCUT2D eigenvalue weighted by atomic mass is 10.0. The van der Waals surface area contributed by atoms with Crippen molar-refractivity contribution in [2.45, 2.75) is 51.2 Å². The van der Waals surface area contributed by atoms with Crippen LogP contribution >= 0.6 is 0 Å². The molecule has 2 atom stereocenters. The average molecular weight is 320 g/mol. The van der Waals surface area contributed by atoms with Gasteiger partial charge in [-0.05, 0) is 31.4 Å². The van der Waals surface area contributed by atoms with Crippen LogP contribution in [0.15, 0.2) is 29.3 Å². The van der Waals surface area contributed by atoms with E-state index >= 15 is 0 Å². The second-order valence-electron chi connectivity index (χ2n) is 5.76. The van der Waals surface area contributed by atoms with E-state index in [2.05, 4.69) is 4.99 Å². The Hall–Kier alpha value is -2.08. The number of nitrogens with zero attached hydrogens (tertiary/aromatic N) is 1. The second-order valence-corrected chi connectivity index (χ2v) is 5.76. The Balaban J connectivity index is 1.88. The first-order valence-corrected chi connectivity index (χ1v) is 7.95. The lowest BCUT2D eigenvalue weighted by Crippen LogP contribution is -2.24. The first-order chi connectivity index (χ1) is 11.0.